The molecule has 1 spiro atoms. The molecule has 0 aromatic carbocycles. The van der Waals surface area contributed by atoms with Crippen LogP contribution in [0, 0.1) is 19.3 Å². The van der Waals surface area contributed by atoms with Gasteiger partial charge in [0.05, 0.1) is 29.9 Å². The SMILES string of the molecule is Cc1ccnc(N2CC(F)(F)C[C@]3(CCCN(Cc4cc(C)nn4C)C3=O)C2)n1. The van der Waals surface area contributed by atoms with Gasteiger partial charge in [-0.05, 0) is 38.8 Å². The molecule has 2 aliphatic rings. The lowest BCUT2D eigenvalue weighted by atomic mass is 9.71. The number of nitrogens with zero attached hydrogens (tertiary/aromatic N) is 6. The van der Waals surface area contributed by atoms with E-state index in [-0.39, 0.29) is 18.4 Å². The van der Waals surface area contributed by atoms with Crippen molar-refractivity contribution in [3.8, 4) is 0 Å². The molecule has 2 aromatic rings. The van der Waals surface area contributed by atoms with Crippen LogP contribution in [-0.4, -0.2) is 56.1 Å². The van der Waals surface area contributed by atoms with Crippen molar-refractivity contribution in [3.63, 3.8) is 0 Å². The Kier molecular flexibility index (Phi) is 4.78. The van der Waals surface area contributed by atoms with Crippen LogP contribution in [0.1, 0.15) is 36.3 Å². The summed E-state index contributed by atoms with van der Waals surface area (Å²) in [5.41, 5.74) is 1.35. The average molecular weight is 404 g/mol. The van der Waals surface area contributed by atoms with Crippen LogP contribution in [0.4, 0.5) is 14.7 Å². The molecule has 0 N–H and O–H groups in total. The third kappa shape index (κ3) is 3.82. The van der Waals surface area contributed by atoms with Crippen molar-refractivity contribution < 1.29 is 13.6 Å². The van der Waals surface area contributed by atoms with E-state index in [1.165, 1.54) is 4.90 Å². The third-order valence-corrected chi connectivity index (χ3v) is 5.85. The van der Waals surface area contributed by atoms with Crippen molar-refractivity contribution in [2.75, 3.05) is 24.5 Å². The summed E-state index contributed by atoms with van der Waals surface area (Å²) in [5.74, 6) is -2.93. The molecule has 0 radical (unpaired) electrons. The maximum Gasteiger partial charge on any atom is 0.266 e. The monoisotopic (exact) mass is 404 g/mol. The highest BCUT2D eigenvalue weighted by Gasteiger charge is 2.55. The normalized spacial score (nSPS) is 24.4. The number of anilines is 1. The fourth-order valence-electron chi connectivity index (χ4n) is 4.66. The summed E-state index contributed by atoms with van der Waals surface area (Å²) in [7, 11) is 1.83. The molecule has 7 nitrogen and oxygen atoms in total. The van der Waals surface area contributed by atoms with Gasteiger partial charge >= 0.3 is 0 Å². The van der Waals surface area contributed by atoms with Gasteiger partial charge in [0.15, 0.2) is 0 Å². The predicted octanol–water partition coefficient (Wildman–Crippen LogP) is 2.48. The lowest BCUT2D eigenvalue weighted by Gasteiger charge is -2.49. The second-order valence-electron chi connectivity index (χ2n) is 8.40. The van der Waals surface area contributed by atoms with Gasteiger partial charge < -0.3 is 9.80 Å². The van der Waals surface area contributed by atoms with Crippen molar-refractivity contribution in [2.45, 2.75) is 45.6 Å². The predicted molar refractivity (Wildman–Crippen MR) is 104 cm³/mol. The Bertz CT molecular complexity index is 929. The number of carbonyl (C=O) groups excluding carboxylic acids is 1. The van der Waals surface area contributed by atoms with Crippen molar-refractivity contribution >= 4 is 11.9 Å². The first-order valence-corrected chi connectivity index (χ1v) is 9.89. The van der Waals surface area contributed by atoms with Crippen LogP contribution >= 0.6 is 0 Å². The first-order chi connectivity index (χ1) is 13.7. The second kappa shape index (κ2) is 7.03. The second-order valence-corrected chi connectivity index (χ2v) is 8.40. The molecule has 2 saturated heterocycles. The zero-order chi connectivity index (χ0) is 20.8. The van der Waals surface area contributed by atoms with Crippen LogP contribution in [0.15, 0.2) is 18.3 Å². The van der Waals surface area contributed by atoms with E-state index in [0.29, 0.717) is 31.6 Å². The first-order valence-electron chi connectivity index (χ1n) is 9.89. The van der Waals surface area contributed by atoms with E-state index in [1.807, 2.05) is 20.0 Å². The zero-order valence-electron chi connectivity index (χ0n) is 17.0. The molecule has 4 heterocycles. The van der Waals surface area contributed by atoms with Gasteiger partial charge in [-0.3, -0.25) is 9.48 Å². The van der Waals surface area contributed by atoms with Gasteiger partial charge in [-0.1, -0.05) is 0 Å². The summed E-state index contributed by atoms with van der Waals surface area (Å²) < 4.78 is 31.3. The smallest absolute Gasteiger partial charge is 0.266 e. The minimum absolute atomic E-state index is 0.209. The number of hydrogen-bond donors (Lipinski definition) is 0. The maximum absolute atomic E-state index is 14.8. The average Bonchev–Trinajstić information content (AvgIpc) is 2.95. The minimum atomic E-state index is -2.98. The molecule has 2 aliphatic heterocycles. The molecule has 0 saturated carbocycles. The molecule has 29 heavy (non-hydrogen) atoms. The Morgan fingerprint density at radius 3 is 2.69 bits per heavy atom. The van der Waals surface area contributed by atoms with Gasteiger partial charge in [-0.2, -0.15) is 5.10 Å². The largest absolute Gasteiger partial charge is 0.336 e. The Morgan fingerprint density at radius 2 is 2.00 bits per heavy atom. The molecule has 0 aliphatic carbocycles. The van der Waals surface area contributed by atoms with Gasteiger partial charge in [0.1, 0.15) is 0 Å². The molecule has 156 valence electrons. The highest BCUT2D eigenvalue weighted by atomic mass is 19.3. The molecule has 1 atom stereocenters. The Hall–Kier alpha value is -2.58. The van der Waals surface area contributed by atoms with Crippen LogP contribution in [0.3, 0.4) is 0 Å². The topological polar surface area (TPSA) is 67.2 Å². The fraction of sp³-hybridized carbons (Fsp3) is 0.600. The van der Waals surface area contributed by atoms with Crippen LogP contribution in [0.2, 0.25) is 0 Å². The first kappa shape index (κ1) is 19.7. The van der Waals surface area contributed by atoms with E-state index in [0.717, 1.165) is 11.4 Å². The van der Waals surface area contributed by atoms with Crippen LogP contribution in [-0.2, 0) is 18.4 Å². The van der Waals surface area contributed by atoms with Crippen molar-refractivity contribution in [1.82, 2.24) is 24.6 Å². The molecular weight excluding hydrogens is 378 g/mol. The Labute approximate surface area is 168 Å². The molecule has 0 unspecified atom stereocenters. The number of piperidine rings is 2. The Morgan fingerprint density at radius 1 is 1.21 bits per heavy atom. The maximum atomic E-state index is 14.8. The number of likely N-dealkylation sites (tertiary alicyclic amines) is 1. The molecule has 0 bridgehead atoms. The number of carbonyl (C=O) groups is 1. The van der Waals surface area contributed by atoms with Gasteiger partial charge in [-0.25, -0.2) is 18.7 Å². The summed E-state index contributed by atoms with van der Waals surface area (Å²) in [6.45, 7) is 4.39. The zero-order valence-corrected chi connectivity index (χ0v) is 17.0. The van der Waals surface area contributed by atoms with E-state index in [1.54, 1.807) is 28.8 Å². The number of halogens is 2. The minimum Gasteiger partial charge on any atom is -0.336 e. The molecule has 9 heteroatoms. The van der Waals surface area contributed by atoms with Gasteiger partial charge in [-0.15, -0.1) is 0 Å². The third-order valence-electron chi connectivity index (χ3n) is 5.85. The van der Waals surface area contributed by atoms with Gasteiger partial charge in [0.25, 0.3) is 5.92 Å². The molecule has 2 aromatic heterocycles. The molecule has 2 fully saturated rings. The highest BCUT2D eigenvalue weighted by Crippen LogP contribution is 2.46. The van der Waals surface area contributed by atoms with E-state index < -0.39 is 24.3 Å². The van der Waals surface area contributed by atoms with Crippen molar-refractivity contribution in [2.24, 2.45) is 12.5 Å². The number of alkyl halides is 2. The summed E-state index contributed by atoms with van der Waals surface area (Å²) in [6.07, 6.45) is 2.28. The number of aromatic nitrogens is 4. The molecule has 1 amide bonds. The summed E-state index contributed by atoms with van der Waals surface area (Å²) in [4.78, 5) is 25.1. The quantitative estimate of drug-likeness (QED) is 0.786. The lowest BCUT2D eigenvalue weighted by molar-refractivity contribution is -0.157. The van der Waals surface area contributed by atoms with Crippen molar-refractivity contribution in [3.05, 3.63) is 35.4 Å². The lowest BCUT2D eigenvalue weighted by Crippen LogP contribution is -2.61. The van der Waals surface area contributed by atoms with E-state index in [9.17, 15) is 13.6 Å². The molecular formula is C20H26F2N6O. The van der Waals surface area contributed by atoms with Crippen LogP contribution in [0.5, 0.6) is 0 Å². The number of aryl methyl sites for hydroxylation is 3. The van der Waals surface area contributed by atoms with E-state index in [4.69, 9.17) is 0 Å². The molecule has 4 rings (SSSR count). The summed E-state index contributed by atoms with van der Waals surface area (Å²) >= 11 is 0. The highest BCUT2D eigenvalue weighted by molar-refractivity contribution is 5.84. The fourth-order valence-corrected chi connectivity index (χ4v) is 4.66. The van der Waals surface area contributed by atoms with E-state index in [2.05, 4.69) is 15.1 Å². The number of hydrogen-bond acceptors (Lipinski definition) is 5. The van der Waals surface area contributed by atoms with Crippen LogP contribution in [0.25, 0.3) is 0 Å². The van der Waals surface area contributed by atoms with Gasteiger partial charge in [0, 0.05) is 38.4 Å². The van der Waals surface area contributed by atoms with Gasteiger partial charge in [0.2, 0.25) is 11.9 Å². The van der Waals surface area contributed by atoms with Crippen molar-refractivity contribution in [1.29, 1.82) is 0 Å². The Balaban J connectivity index is 1.62. The summed E-state index contributed by atoms with van der Waals surface area (Å²) in [5, 5.41) is 4.32. The number of rotatable bonds is 3. The van der Waals surface area contributed by atoms with E-state index >= 15 is 0 Å². The summed E-state index contributed by atoms with van der Waals surface area (Å²) in [6, 6.07) is 3.65. The number of amides is 1. The van der Waals surface area contributed by atoms with Crippen LogP contribution < -0.4 is 4.90 Å². The standard InChI is InChI=1S/C20H26F2N6O/c1-14-5-7-23-18(24-14)28-12-19(11-20(21,22)13-28)6-4-8-27(17(19)29)10-16-9-15(2)25-26(16)3/h5,7,9H,4,6,8,10-13H2,1-3H3/t19-/m1/s1.